The zero-order valence-electron chi connectivity index (χ0n) is 12.0. The molecule has 0 spiro atoms. The van der Waals surface area contributed by atoms with Gasteiger partial charge in [-0.05, 0) is 12.3 Å². The van der Waals surface area contributed by atoms with Crippen LogP contribution in [0.5, 0.6) is 5.88 Å². The summed E-state index contributed by atoms with van der Waals surface area (Å²) in [5.41, 5.74) is 1.40. The number of nitrogens with zero attached hydrogens (tertiary/aromatic N) is 3. The Balaban J connectivity index is 1.74. The molecule has 1 atom stereocenters. The van der Waals surface area contributed by atoms with Gasteiger partial charge < -0.3 is 19.7 Å². The van der Waals surface area contributed by atoms with Gasteiger partial charge in [0.2, 0.25) is 11.8 Å². The highest BCUT2D eigenvalue weighted by Crippen LogP contribution is 2.26. The van der Waals surface area contributed by atoms with E-state index in [2.05, 4.69) is 15.3 Å². The lowest BCUT2D eigenvalue weighted by molar-refractivity contribution is -0.119. The van der Waals surface area contributed by atoms with Crippen LogP contribution in [0.4, 0.5) is 0 Å². The van der Waals surface area contributed by atoms with Crippen molar-refractivity contribution in [1.29, 1.82) is 0 Å². The summed E-state index contributed by atoms with van der Waals surface area (Å²) in [7, 11) is 0. The lowest BCUT2D eigenvalue weighted by Crippen LogP contribution is -2.14. The van der Waals surface area contributed by atoms with Gasteiger partial charge in [0.15, 0.2) is 0 Å². The van der Waals surface area contributed by atoms with E-state index >= 15 is 0 Å². The molecule has 0 aliphatic carbocycles. The molecule has 2 aromatic rings. The van der Waals surface area contributed by atoms with E-state index in [0.29, 0.717) is 48.6 Å². The highest BCUT2D eigenvalue weighted by atomic mass is 35.5. The normalized spacial score (nSPS) is 17.9. The Morgan fingerprint density at radius 1 is 1.55 bits per heavy atom. The molecule has 2 aromatic heterocycles. The average Bonchev–Trinajstić information content (AvgIpc) is 3.06. The number of halogens is 1. The molecule has 0 unspecified atom stereocenters. The summed E-state index contributed by atoms with van der Waals surface area (Å²) in [4.78, 5) is 19.6. The van der Waals surface area contributed by atoms with Crippen molar-refractivity contribution in [3.05, 3.63) is 17.5 Å². The first kappa shape index (κ1) is 15.1. The van der Waals surface area contributed by atoms with E-state index in [4.69, 9.17) is 21.4 Å². The van der Waals surface area contributed by atoms with E-state index in [1.165, 1.54) is 0 Å². The maximum absolute atomic E-state index is 11.2. The summed E-state index contributed by atoms with van der Waals surface area (Å²) in [6.45, 7) is 1.57. The molecule has 1 fully saturated rings. The number of aliphatic hydroxyl groups excluding tert-OH is 1. The minimum atomic E-state index is 0.00335. The van der Waals surface area contributed by atoms with Crippen molar-refractivity contribution in [2.75, 3.05) is 19.8 Å². The highest BCUT2D eigenvalue weighted by Gasteiger charge is 2.21. The minimum absolute atomic E-state index is 0.00335. The van der Waals surface area contributed by atoms with Gasteiger partial charge in [-0.1, -0.05) is 11.6 Å². The van der Waals surface area contributed by atoms with E-state index in [0.717, 1.165) is 11.9 Å². The first-order valence-electron chi connectivity index (χ1n) is 7.19. The molecule has 0 radical (unpaired) electrons. The first-order valence-corrected chi connectivity index (χ1v) is 7.57. The number of ether oxygens (including phenoxy) is 1. The van der Waals surface area contributed by atoms with Crippen LogP contribution in [0.25, 0.3) is 11.0 Å². The van der Waals surface area contributed by atoms with Gasteiger partial charge in [-0.2, -0.15) is 4.98 Å². The lowest BCUT2D eigenvalue weighted by atomic mass is 10.1. The van der Waals surface area contributed by atoms with Crippen LogP contribution < -0.4 is 10.1 Å². The Morgan fingerprint density at radius 2 is 2.41 bits per heavy atom. The Labute approximate surface area is 132 Å². The quantitative estimate of drug-likeness (QED) is 0.773. The Hall–Kier alpha value is -1.86. The monoisotopic (exact) mass is 324 g/mol. The smallest absolute Gasteiger partial charge is 0.241 e. The number of carbonyl (C=O) groups excluding carboxylic acids is 1. The van der Waals surface area contributed by atoms with Gasteiger partial charge in [0.05, 0.1) is 25.1 Å². The molecule has 2 N–H and O–H groups in total. The van der Waals surface area contributed by atoms with Gasteiger partial charge in [0.1, 0.15) is 10.7 Å². The summed E-state index contributed by atoms with van der Waals surface area (Å²) >= 11 is 5.99. The number of aliphatic hydroxyl groups is 1. The van der Waals surface area contributed by atoms with Crippen LogP contribution in [-0.4, -0.2) is 45.3 Å². The van der Waals surface area contributed by atoms with Gasteiger partial charge in [0, 0.05) is 25.6 Å². The van der Waals surface area contributed by atoms with Crippen molar-refractivity contribution < 1.29 is 14.6 Å². The molecule has 0 aromatic carbocycles. The number of amides is 1. The van der Waals surface area contributed by atoms with E-state index in [1.807, 2.05) is 0 Å². The van der Waals surface area contributed by atoms with Crippen molar-refractivity contribution in [2.24, 2.45) is 5.92 Å². The molecule has 8 heteroatoms. The number of nitrogens with one attached hydrogen (secondary N) is 1. The average molecular weight is 325 g/mol. The van der Waals surface area contributed by atoms with Gasteiger partial charge in [0.25, 0.3) is 0 Å². The number of rotatable bonds is 6. The fraction of sp³-hybridized carbons (Fsp3) is 0.500. The van der Waals surface area contributed by atoms with E-state index in [9.17, 15) is 4.79 Å². The maximum atomic E-state index is 11.2. The third-order valence-electron chi connectivity index (χ3n) is 3.70. The number of carbonyl (C=O) groups is 1. The molecule has 3 rings (SSSR count). The van der Waals surface area contributed by atoms with Crippen molar-refractivity contribution in [2.45, 2.75) is 19.4 Å². The predicted molar refractivity (Wildman–Crippen MR) is 80.9 cm³/mol. The topological polar surface area (TPSA) is 89.3 Å². The third kappa shape index (κ3) is 3.15. The molecular weight excluding hydrogens is 308 g/mol. The Kier molecular flexibility index (Phi) is 4.44. The minimum Gasteiger partial charge on any atom is -0.476 e. The molecule has 118 valence electrons. The summed E-state index contributed by atoms with van der Waals surface area (Å²) in [5, 5.41) is 12.2. The standard InChI is InChI=1S/C14H17ClN4O3/c15-11-6-10-13(19(2-3-20)8-17-10)14(18-11)22-4-1-9-5-12(21)16-7-9/h6,8-9,20H,1-5,7H2,(H,16,21)/t9-/m1/s1. The molecule has 1 aliphatic heterocycles. The second-order valence-electron chi connectivity index (χ2n) is 5.29. The van der Waals surface area contributed by atoms with Gasteiger partial charge >= 0.3 is 0 Å². The fourth-order valence-electron chi connectivity index (χ4n) is 2.60. The van der Waals surface area contributed by atoms with Crippen LogP contribution in [0.3, 0.4) is 0 Å². The summed E-state index contributed by atoms with van der Waals surface area (Å²) in [5.74, 6) is 0.796. The number of pyridine rings is 1. The maximum Gasteiger partial charge on any atom is 0.241 e. The summed E-state index contributed by atoms with van der Waals surface area (Å²) in [6, 6.07) is 1.66. The number of fused-ring (bicyclic) bond motifs is 1. The molecule has 0 saturated carbocycles. The van der Waals surface area contributed by atoms with Crippen LogP contribution in [0.15, 0.2) is 12.4 Å². The fourth-order valence-corrected chi connectivity index (χ4v) is 2.78. The number of hydrogen-bond donors (Lipinski definition) is 2. The van der Waals surface area contributed by atoms with E-state index in [-0.39, 0.29) is 12.5 Å². The Morgan fingerprint density at radius 3 is 3.14 bits per heavy atom. The van der Waals surface area contributed by atoms with Crippen molar-refractivity contribution in [1.82, 2.24) is 19.9 Å². The highest BCUT2D eigenvalue weighted by molar-refractivity contribution is 6.30. The van der Waals surface area contributed by atoms with Crippen LogP contribution in [0.2, 0.25) is 5.15 Å². The number of imidazole rings is 1. The first-order chi connectivity index (χ1) is 10.7. The van der Waals surface area contributed by atoms with Gasteiger partial charge in [-0.3, -0.25) is 4.79 Å². The van der Waals surface area contributed by atoms with Crippen LogP contribution in [0.1, 0.15) is 12.8 Å². The predicted octanol–water partition coefficient (Wildman–Crippen LogP) is 0.982. The van der Waals surface area contributed by atoms with Crippen LogP contribution in [-0.2, 0) is 11.3 Å². The molecule has 1 saturated heterocycles. The zero-order valence-corrected chi connectivity index (χ0v) is 12.7. The summed E-state index contributed by atoms with van der Waals surface area (Å²) < 4.78 is 7.55. The van der Waals surface area contributed by atoms with Crippen molar-refractivity contribution >= 4 is 28.5 Å². The molecular formula is C14H17ClN4O3. The Bertz CT molecular complexity index is 688. The largest absolute Gasteiger partial charge is 0.476 e. The third-order valence-corrected chi connectivity index (χ3v) is 3.89. The van der Waals surface area contributed by atoms with Crippen molar-refractivity contribution in [3.63, 3.8) is 0 Å². The van der Waals surface area contributed by atoms with E-state index < -0.39 is 0 Å². The lowest BCUT2D eigenvalue weighted by Gasteiger charge is -2.11. The molecule has 0 bridgehead atoms. The molecule has 1 aliphatic rings. The van der Waals surface area contributed by atoms with Gasteiger partial charge in [-0.15, -0.1) is 0 Å². The summed E-state index contributed by atoms with van der Waals surface area (Å²) in [6.07, 6.45) is 2.94. The molecule has 7 nitrogen and oxygen atoms in total. The second-order valence-corrected chi connectivity index (χ2v) is 5.68. The SMILES string of the molecule is O=C1C[C@@H](CCOc2nc(Cl)cc3ncn(CCO)c23)CN1. The van der Waals surface area contributed by atoms with Crippen molar-refractivity contribution in [3.8, 4) is 5.88 Å². The molecule has 1 amide bonds. The second kappa shape index (κ2) is 6.50. The number of aromatic nitrogens is 3. The van der Waals surface area contributed by atoms with Crippen LogP contribution >= 0.6 is 11.6 Å². The van der Waals surface area contributed by atoms with E-state index in [1.54, 1.807) is 17.0 Å². The van der Waals surface area contributed by atoms with Gasteiger partial charge in [-0.25, -0.2) is 4.98 Å². The molecule has 3 heterocycles. The zero-order chi connectivity index (χ0) is 15.5. The van der Waals surface area contributed by atoms with Crippen LogP contribution in [0, 0.1) is 5.92 Å². The molecule has 22 heavy (non-hydrogen) atoms. The number of hydrogen-bond acceptors (Lipinski definition) is 5.